The van der Waals surface area contributed by atoms with E-state index in [1.54, 1.807) is 13.1 Å². The molecule has 0 aliphatic heterocycles. The smallest absolute Gasteiger partial charge is 0.252 e. The Kier molecular flexibility index (Phi) is 5.39. The van der Waals surface area contributed by atoms with Gasteiger partial charge in [0.15, 0.2) is 0 Å². The number of methoxy groups -OCH3 is 1. The van der Waals surface area contributed by atoms with Gasteiger partial charge in [0.2, 0.25) is 0 Å². The topological polar surface area (TPSA) is 49.4 Å². The summed E-state index contributed by atoms with van der Waals surface area (Å²) in [5.41, 5.74) is 1.68. The van der Waals surface area contributed by atoms with E-state index in [4.69, 9.17) is 4.74 Å². The van der Waals surface area contributed by atoms with E-state index in [1.807, 2.05) is 24.3 Å². The van der Waals surface area contributed by atoms with Crippen LogP contribution in [-0.2, 0) is 14.6 Å². The van der Waals surface area contributed by atoms with Crippen molar-refractivity contribution in [3.63, 3.8) is 0 Å². The fourth-order valence-corrected chi connectivity index (χ4v) is 1.39. The van der Waals surface area contributed by atoms with Crippen LogP contribution >= 0.6 is 0 Å². The van der Waals surface area contributed by atoms with Crippen LogP contribution < -0.4 is 4.90 Å². The third-order valence-corrected chi connectivity index (χ3v) is 2.31. The van der Waals surface area contributed by atoms with Crippen molar-refractivity contribution in [1.82, 2.24) is 0 Å². The molecule has 4 heteroatoms. The van der Waals surface area contributed by atoms with Crippen LogP contribution in [0.3, 0.4) is 0 Å². The standard InChI is InChI=1S/C13H16NO3/c1-14(13(16)10-17-2)12-7-3-5-11(9-12)6-4-8-15/h3-7,9H,8,10H2,1-2H3. The Hall–Kier alpha value is -1.65. The van der Waals surface area contributed by atoms with Crippen molar-refractivity contribution in [1.29, 1.82) is 0 Å². The quantitative estimate of drug-likeness (QED) is 0.779. The second-order valence-corrected chi connectivity index (χ2v) is 3.55. The number of hydrogen-bond acceptors (Lipinski definition) is 2. The molecule has 0 aliphatic carbocycles. The highest BCUT2D eigenvalue weighted by Gasteiger charge is 2.09. The number of amides is 1. The van der Waals surface area contributed by atoms with Crippen LogP contribution in [0, 0.1) is 0 Å². The lowest BCUT2D eigenvalue weighted by Crippen LogP contribution is -2.29. The zero-order valence-electron chi connectivity index (χ0n) is 10.1. The van der Waals surface area contributed by atoms with Crippen molar-refractivity contribution in [2.24, 2.45) is 0 Å². The molecule has 0 atom stereocenters. The summed E-state index contributed by atoms with van der Waals surface area (Å²) in [6, 6.07) is 7.41. The lowest BCUT2D eigenvalue weighted by Gasteiger charge is -2.17. The molecule has 17 heavy (non-hydrogen) atoms. The number of hydrogen-bond donors (Lipinski definition) is 0. The summed E-state index contributed by atoms with van der Waals surface area (Å²) in [6.07, 6.45) is 3.28. The van der Waals surface area contributed by atoms with Gasteiger partial charge in [-0.05, 0) is 17.7 Å². The number of likely N-dealkylation sites (N-methyl/N-ethyl adjacent to an activating group) is 1. The van der Waals surface area contributed by atoms with Gasteiger partial charge in [0, 0.05) is 19.8 Å². The monoisotopic (exact) mass is 234 g/mol. The van der Waals surface area contributed by atoms with Crippen molar-refractivity contribution in [3.05, 3.63) is 35.9 Å². The van der Waals surface area contributed by atoms with Crippen LogP contribution in [0.5, 0.6) is 0 Å². The molecule has 91 valence electrons. The van der Waals surface area contributed by atoms with Gasteiger partial charge in [0.25, 0.3) is 5.91 Å². The molecular weight excluding hydrogens is 218 g/mol. The summed E-state index contributed by atoms with van der Waals surface area (Å²) in [5, 5.41) is 10.3. The first-order chi connectivity index (χ1) is 8.19. The predicted molar refractivity (Wildman–Crippen MR) is 66.3 cm³/mol. The van der Waals surface area contributed by atoms with Gasteiger partial charge in [-0.2, -0.15) is 0 Å². The van der Waals surface area contributed by atoms with Gasteiger partial charge < -0.3 is 9.64 Å². The number of rotatable bonds is 5. The molecule has 0 spiro atoms. The SMILES string of the molecule is COCC(=O)N(C)c1cccc(C=CC[O])c1. The van der Waals surface area contributed by atoms with Gasteiger partial charge in [-0.15, -0.1) is 0 Å². The zero-order valence-corrected chi connectivity index (χ0v) is 10.1. The number of anilines is 1. The van der Waals surface area contributed by atoms with Gasteiger partial charge in [-0.25, -0.2) is 5.11 Å². The summed E-state index contributed by atoms with van der Waals surface area (Å²) in [4.78, 5) is 13.1. The summed E-state index contributed by atoms with van der Waals surface area (Å²) in [5.74, 6) is -0.113. The second kappa shape index (κ2) is 6.83. The molecule has 1 aromatic rings. The Labute approximate surface area is 101 Å². The van der Waals surface area contributed by atoms with Crippen LogP contribution in [-0.4, -0.2) is 33.3 Å². The lowest BCUT2D eigenvalue weighted by atomic mass is 10.2. The molecule has 0 fully saturated rings. The van der Waals surface area contributed by atoms with Gasteiger partial charge in [-0.1, -0.05) is 24.3 Å². The maximum absolute atomic E-state index is 11.6. The highest BCUT2D eigenvalue weighted by molar-refractivity contribution is 5.94. The first kappa shape index (κ1) is 13.4. The Bertz CT molecular complexity index is 401. The molecular formula is C13H16NO3. The average Bonchev–Trinajstić information content (AvgIpc) is 2.36. The first-order valence-electron chi connectivity index (χ1n) is 5.29. The molecule has 0 unspecified atom stereocenters. The predicted octanol–water partition coefficient (Wildman–Crippen LogP) is 1.74. The minimum Gasteiger partial charge on any atom is -0.375 e. The number of benzene rings is 1. The van der Waals surface area contributed by atoms with Crippen LogP contribution in [0.4, 0.5) is 5.69 Å². The summed E-state index contributed by atoms with van der Waals surface area (Å²) >= 11 is 0. The third-order valence-electron chi connectivity index (χ3n) is 2.31. The average molecular weight is 234 g/mol. The molecule has 0 heterocycles. The maximum Gasteiger partial charge on any atom is 0.252 e. The second-order valence-electron chi connectivity index (χ2n) is 3.55. The number of nitrogens with zero attached hydrogens (tertiary/aromatic N) is 1. The Morgan fingerprint density at radius 2 is 2.24 bits per heavy atom. The van der Waals surface area contributed by atoms with Crippen LogP contribution in [0.1, 0.15) is 5.56 Å². The van der Waals surface area contributed by atoms with Crippen molar-refractivity contribution < 1.29 is 14.6 Å². The summed E-state index contributed by atoms with van der Waals surface area (Å²) < 4.78 is 4.79. The highest BCUT2D eigenvalue weighted by Crippen LogP contribution is 2.16. The molecule has 0 aromatic heterocycles. The van der Waals surface area contributed by atoms with Gasteiger partial charge >= 0.3 is 0 Å². The number of carbonyl (C=O) groups excluding carboxylic acids is 1. The zero-order chi connectivity index (χ0) is 12.7. The van der Waals surface area contributed by atoms with Crippen LogP contribution in [0.25, 0.3) is 6.08 Å². The van der Waals surface area contributed by atoms with Crippen molar-refractivity contribution >= 4 is 17.7 Å². The highest BCUT2D eigenvalue weighted by atomic mass is 16.5. The molecule has 1 rings (SSSR count). The van der Waals surface area contributed by atoms with E-state index in [1.165, 1.54) is 18.1 Å². The maximum atomic E-state index is 11.6. The van der Waals surface area contributed by atoms with E-state index >= 15 is 0 Å². The van der Waals surface area contributed by atoms with Crippen molar-refractivity contribution in [3.8, 4) is 0 Å². The Morgan fingerprint density at radius 3 is 2.88 bits per heavy atom. The fraction of sp³-hybridized carbons (Fsp3) is 0.308. The van der Waals surface area contributed by atoms with Crippen molar-refractivity contribution in [2.75, 3.05) is 32.3 Å². The number of carbonyl (C=O) groups is 1. The van der Waals surface area contributed by atoms with E-state index < -0.39 is 0 Å². The normalized spacial score (nSPS) is 10.8. The Balaban J connectivity index is 2.83. The molecule has 0 N–H and O–H groups in total. The van der Waals surface area contributed by atoms with E-state index in [0.717, 1.165) is 11.3 Å². The largest absolute Gasteiger partial charge is 0.375 e. The molecule has 0 bridgehead atoms. The van der Waals surface area contributed by atoms with Crippen molar-refractivity contribution in [2.45, 2.75) is 0 Å². The van der Waals surface area contributed by atoms with E-state index in [-0.39, 0.29) is 19.1 Å². The van der Waals surface area contributed by atoms with Gasteiger partial charge in [0.1, 0.15) is 13.2 Å². The Morgan fingerprint density at radius 1 is 1.47 bits per heavy atom. The molecule has 1 amide bonds. The molecule has 1 radical (unpaired) electrons. The van der Waals surface area contributed by atoms with Crippen LogP contribution in [0.2, 0.25) is 0 Å². The van der Waals surface area contributed by atoms with Gasteiger partial charge in [0.05, 0.1) is 0 Å². The number of ether oxygens (including phenoxy) is 1. The summed E-state index contributed by atoms with van der Waals surface area (Å²) in [7, 11) is 3.18. The van der Waals surface area contributed by atoms with Crippen LogP contribution in [0.15, 0.2) is 30.3 Å². The van der Waals surface area contributed by atoms with E-state index in [0.29, 0.717) is 0 Å². The minimum absolute atomic E-state index is 0.0527. The van der Waals surface area contributed by atoms with E-state index in [2.05, 4.69) is 0 Å². The van der Waals surface area contributed by atoms with Gasteiger partial charge in [-0.3, -0.25) is 4.79 Å². The minimum atomic E-state index is -0.247. The molecule has 1 aromatic carbocycles. The molecule has 0 aliphatic rings. The molecule has 4 nitrogen and oxygen atoms in total. The lowest BCUT2D eigenvalue weighted by molar-refractivity contribution is -0.121. The molecule has 0 saturated heterocycles. The van der Waals surface area contributed by atoms with E-state index in [9.17, 15) is 9.90 Å². The molecule has 0 saturated carbocycles. The first-order valence-corrected chi connectivity index (χ1v) is 5.29. The summed E-state index contributed by atoms with van der Waals surface area (Å²) in [6.45, 7) is -0.195. The third kappa shape index (κ3) is 4.01. The fourth-order valence-electron chi connectivity index (χ4n) is 1.39.